The molecule has 3 rings (SSSR count). The molecule has 1 aromatic rings. The number of anilines is 1. The highest BCUT2D eigenvalue weighted by Gasteiger charge is 2.33. The second-order valence-corrected chi connectivity index (χ2v) is 9.54. The fraction of sp³-hybridized carbons (Fsp3) is 0.476. The van der Waals surface area contributed by atoms with Gasteiger partial charge in [0.25, 0.3) is 11.5 Å². The van der Waals surface area contributed by atoms with E-state index in [0.717, 1.165) is 37.7 Å². The van der Waals surface area contributed by atoms with E-state index in [2.05, 4.69) is 11.8 Å². The number of nitriles is 1. The molecule has 10 heteroatoms. The molecule has 0 spiro atoms. The average molecular weight is 461 g/mol. The monoisotopic (exact) mass is 460 g/mol. The standard InChI is InChI=1S/C21H24N4O4S2/c1-12-4-7-24(8-5-12)18-14(13(2)15(11-22)19(28)23(18)3)10-16-20(29)25(21(30)31-16)9-6-17(26)27/h10,12H,4-9H2,1-3H3,(H,26,27)/b16-10+. The van der Waals surface area contributed by atoms with Gasteiger partial charge in [0.1, 0.15) is 21.8 Å². The summed E-state index contributed by atoms with van der Waals surface area (Å²) in [6, 6.07) is 1.99. The highest BCUT2D eigenvalue weighted by molar-refractivity contribution is 8.26. The molecule has 2 aliphatic heterocycles. The maximum Gasteiger partial charge on any atom is 0.305 e. The third-order valence-corrected chi connectivity index (χ3v) is 7.13. The number of carboxylic acid groups (broad SMARTS) is 1. The Balaban J connectivity index is 2.10. The lowest BCUT2D eigenvalue weighted by Crippen LogP contribution is -2.38. The van der Waals surface area contributed by atoms with Gasteiger partial charge in [-0.1, -0.05) is 30.9 Å². The quantitative estimate of drug-likeness (QED) is 0.528. The zero-order chi connectivity index (χ0) is 22.9. The maximum absolute atomic E-state index is 12.9. The van der Waals surface area contributed by atoms with E-state index in [1.54, 1.807) is 20.0 Å². The smallest absolute Gasteiger partial charge is 0.305 e. The summed E-state index contributed by atoms with van der Waals surface area (Å²) in [7, 11) is 1.64. The van der Waals surface area contributed by atoms with Crippen molar-refractivity contribution in [2.75, 3.05) is 24.5 Å². The van der Waals surface area contributed by atoms with E-state index in [1.807, 2.05) is 6.07 Å². The first-order chi connectivity index (χ1) is 14.6. The van der Waals surface area contributed by atoms with Crippen LogP contribution >= 0.6 is 24.0 Å². The number of thiocarbonyl (C=S) groups is 1. The fourth-order valence-corrected chi connectivity index (χ4v) is 5.14. The number of amides is 1. The van der Waals surface area contributed by atoms with Gasteiger partial charge in [0.2, 0.25) is 0 Å². The van der Waals surface area contributed by atoms with E-state index in [1.165, 1.54) is 9.47 Å². The van der Waals surface area contributed by atoms with Crippen LogP contribution in [0.5, 0.6) is 0 Å². The van der Waals surface area contributed by atoms with Crippen LogP contribution in [0.1, 0.15) is 42.9 Å². The van der Waals surface area contributed by atoms with Gasteiger partial charge in [0, 0.05) is 32.2 Å². The first-order valence-corrected chi connectivity index (χ1v) is 11.2. The lowest BCUT2D eigenvalue weighted by Gasteiger charge is -2.34. The number of pyridine rings is 1. The zero-order valence-electron chi connectivity index (χ0n) is 17.7. The topological polar surface area (TPSA) is 107 Å². The van der Waals surface area contributed by atoms with Gasteiger partial charge in [0.15, 0.2) is 0 Å². The Labute approximate surface area is 190 Å². The molecule has 1 N–H and O–H groups in total. The number of rotatable bonds is 5. The molecule has 1 aromatic heterocycles. The predicted octanol–water partition coefficient (Wildman–Crippen LogP) is 2.48. The van der Waals surface area contributed by atoms with E-state index < -0.39 is 5.97 Å². The average Bonchev–Trinajstić information content (AvgIpc) is 2.99. The van der Waals surface area contributed by atoms with Crippen LogP contribution in [0, 0.1) is 24.2 Å². The van der Waals surface area contributed by atoms with Gasteiger partial charge >= 0.3 is 5.97 Å². The van der Waals surface area contributed by atoms with Crippen LogP contribution in [-0.4, -0.2) is 50.4 Å². The number of carbonyl (C=O) groups excluding carboxylic acids is 1. The largest absolute Gasteiger partial charge is 0.481 e. The summed E-state index contributed by atoms with van der Waals surface area (Å²) in [5.41, 5.74) is 0.853. The highest BCUT2D eigenvalue weighted by atomic mass is 32.2. The molecule has 164 valence electrons. The van der Waals surface area contributed by atoms with Gasteiger partial charge in [-0.15, -0.1) is 0 Å². The Bertz CT molecular complexity index is 1080. The van der Waals surface area contributed by atoms with Gasteiger partial charge in [0.05, 0.1) is 11.3 Å². The Hall–Kier alpha value is -2.64. The van der Waals surface area contributed by atoms with Gasteiger partial charge in [-0.05, 0) is 37.3 Å². The molecule has 2 saturated heterocycles. The molecule has 31 heavy (non-hydrogen) atoms. The van der Waals surface area contributed by atoms with Crippen LogP contribution in [0.4, 0.5) is 5.82 Å². The van der Waals surface area contributed by atoms with Crippen molar-refractivity contribution >= 4 is 52.1 Å². The molecule has 0 aromatic carbocycles. The molecule has 0 saturated carbocycles. The number of piperidine rings is 1. The van der Waals surface area contributed by atoms with E-state index in [-0.39, 0.29) is 30.0 Å². The molecule has 0 atom stereocenters. The summed E-state index contributed by atoms with van der Waals surface area (Å²) in [5.74, 6) is -0.0840. The summed E-state index contributed by atoms with van der Waals surface area (Å²) < 4.78 is 1.78. The van der Waals surface area contributed by atoms with Crippen molar-refractivity contribution in [2.45, 2.75) is 33.1 Å². The second kappa shape index (κ2) is 9.24. The third-order valence-electron chi connectivity index (χ3n) is 5.75. The number of hydrogen-bond acceptors (Lipinski definition) is 7. The molecular weight excluding hydrogens is 436 g/mol. The van der Waals surface area contributed by atoms with Crippen LogP contribution in [0.15, 0.2) is 9.70 Å². The SMILES string of the molecule is Cc1c(/C=C2/SC(=S)N(CCC(=O)O)C2=O)c(N2CCC(C)CC2)n(C)c(=O)c1C#N. The van der Waals surface area contributed by atoms with E-state index in [9.17, 15) is 19.6 Å². The van der Waals surface area contributed by atoms with Gasteiger partial charge < -0.3 is 10.0 Å². The normalized spacial score (nSPS) is 18.7. The molecule has 0 radical (unpaired) electrons. The zero-order valence-corrected chi connectivity index (χ0v) is 19.3. The van der Waals surface area contributed by atoms with Crippen molar-refractivity contribution in [1.82, 2.24) is 9.47 Å². The van der Waals surface area contributed by atoms with Crippen molar-refractivity contribution in [1.29, 1.82) is 5.26 Å². The van der Waals surface area contributed by atoms with E-state index in [4.69, 9.17) is 17.3 Å². The molecule has 3 heterocycles. The van der Waals surface area contributed by atoms with Crippen molar-refractivity contribution in [3.8, 4) is 6.07 Å². The van der Waals surface area contributed by atoms with Crippen LogP contribution in [0.3, 0.4) is 0 Å². The Morgan fingerprint density at radius 2 is 2.00 bits per heavy atom. The number of carbonyl (C=O) groups is 2. The number of carboxylic acids is 1. The molecule has 2 fully saturated rings. The second-order valence-electron chi connectivity index (χ2n) is 7.86. The number of aliphatic carboxylic acids is 1. The van der Waals surface area contributed by atoms with Crippen molar-refractivity contribution in [3.05, 3.63) is 31.9 Å². The molecule has 0 bridgehead atoms. The lowest BCUT2D eigenvalue weighted by atomic mass is 9.97. The van der Waals surface area contributed by atoms with Gasteiger partial charge in [-0.3, -0.25) is 23.9 Å². The minimum absolute atomic E-state index is 0.00388. The lowest BCUT2D eigenvalue weighted by molar-refractivity contribution is -0.137. The van der Waals surface area contributed by atoms with Crippen LogP contribution in [0.25, 0.3) is 6.08 Å². The molecule has 2 aliphatic rings. The minimum atomic E-state index is -1.01. The Morgan fingerprint density at radius 1 is 1.35 bits per heavy atom. The van der Waals surface area contributed by atoms with Crippen LogP contribution in [0.2, 0.25) is 0 Å². The van der Waals surface area contributed by atoms with Crippen LogP contribution < -0.4 is 10.5 Å². The first-order valence-electron chi connectivity index (χ1n) is 10.0. The van der Waals surface area contributed by atoms with Crippen LogP contribution in [-0.2, 0) is 16.6 Å². The van der Waals surface area contributed by atoms with Gasteiger partial charge in [-0.25, -0.2) is 0 Å². The number of thioether (sulfide) groups is 1. The molecule has 1 amide bonds. The van der Waals surface area contributed by atoms with Crippen molar-refractivity contribution in [2.24, 2.45) is 13.0 Å². The van der Waals surface area contributed by atoms with Crippen molar-refractivity contribution < 1.29 is 14.7 Å². The molecule has 8 nitrogen and oxygen atoms in total. The third kappa shape index (κ3) is 4.52. The van der Waals surface area contributed by atoms with Crippen molar-refractivity contribution in [3.63, 3.8) is 0 Å². The summed E-state index contributed by atoms with van der Waals surface area (Å²) >= 11 is 6.38. The fourth-order valence-electron chi connectivity index (χ4n) is 3.85. The van der Waals surface area contributed by atoms with E-state index in [0.29, 0.717) is 32.1 Å². The number of aromatic nitrogens is 1. The molecule has 0 aliphatic carbocycles. The number of hydrogen-bond donors (Lipinski definition) is 1. The number of nitrogens with zero attached hydrogens (tertiary/aromatic N) is 4. The Morgan fingerprint density at radius 3 is 2.58 bits per heavy atom. The van der Waals surface area contributed by atoms with Gasteiger partial charge in [-0.2, -0.15) is 5.26 Å². The summed E-state index contributed by atoms with van der Waals surface area (Å²) in [4.78, 5) is 40.3. The summed E-state index contributed by atoms with van der Waals surface area (Å²) in [6.45, 7) is 5.47. The van der Waals surface area contributed by atoms with E-state index >= 15 is 0 Å². The summed E-state index contributed by atoms with van der Waals surface area (Å²) in [5, 5.41) is 18.5. The molecule has 0 unspecified atom stereocenters. The summed E-state index contributed by atoms with van der Waals surface area (Å²) in [6.07, 6.45) is 3.46. The minimum Gasteiger partial charge on any atom is -0.481 e. The maximum atomic E-state index is 12.9. The first kappa shape index (κ1) is 23.0. The predicted molar refractivity (Wildman–Crippen MR) is 124 cm³/mol. The Kier molecular flexibility index (Phi) is 6.86. The molecular formula is C21H24N4O4S2. The highest BCUT2D eigenvalue weighted by Crippen LogP contribution is 2.36.